The third-order valence-electron chi connectivity index (χ3n) is 4.33. The molecule has 0 spiro atoms. The van der Waals surface area contributed by atoms with Gasteiger partial charge in [0.25, 0.3) is 0 Å². The number of carboxylic acid groups (broad SMARTS) is 1. The quantitative estimate of drug-likeness (QED) is 0.737. The predicted octanol–water partition coefficient (Wildman–Crippen LogP) is 1.24. The molecule has 2 N–H and O–H groups in total. The fourth-order valence-electron chi connectivity index (χ4n) is 3.15. The fourth-order valence-corrected chi connectivity index (χ4v) is 3.15. The molecule has 0 bridgehead atoms. The van der Waals surface area contributed by atoms with E-state index in [9.17, 15) is 9.90 Å². The van der Waals surface area contributed by atoms with Crippen LogP contribution in [0, 0.1) is 0 Å². The monoisotopic (exact) mass is 285 g/mol. The molecule has 5 nitrogen and oxygen atoms in total. The highest BCUT2D eigenvalue weighted by atomic mass is 16.4. The van der Waals surface area contributed by atoms with Crippen molar-refractivity contribution >= 4 is 5.97 Å². The minimum Gasteiger partial charge on any atom is -0.480 e. The highest BCUT2D eigenvalue weighted by Crippen LogP contribution is 2.22. The van der Waals surface area contributed by atoms with Gasteiger partial charge in [-0.2, -0.15) is 0 Å². The summed E-state index contributed by atoms with van der Waals surface area (Å²) < 4.78 is 0. The number of likely N-dealkylation sites (tertiary alicyclic amines) is 1. The normalized spacial score (nSPS) is 25.1. The van der Waals surface area contributed by atoms with Crippen molar-refractivity contribution in [2.45, 2.75) is 64.2 Å². The summed E-state index contributed by atoms with van der Waals surface area (Å²) in [7, 11) is 4.22. The van der Waals surface area contributed by atoms with Crippen LogP contribution in [0.5, 0.6) is 0 Å². The number of nitrogens with zero attached hydrogens (tertiary/aromatic N) is 2. The fraction of sp³-hybridized carbons (Fsp3) is 0.933. The van der Waals surface area contributed by atoms with Crippen LogP contribution >= 0.6 is 0 Å². The lowest BCUT2D eigenvalue weighted by atomic mass is 9.92. The van der Waals surface area contributed by atoms with Crippen LogP contribution in [0.15, 0.2) is 0 Å². The molecule has 1 heterocycles. The van der Waals surface area contributed by atoms with Crippen molar-refractivity contribution in [1.29, 1.82) is 0 Å². The number of aliphatic carboxylic acids is 1. The average Bonchev–Trinajstić information content (AvgIpc) is 2.76. The molecule has 0 aromatic rings. The summed E-state index contributed by atoms with van der Waals surface area (Å²) in [6, 6.07) is 1.02. The van der Waals surface area contributed by atoms with Gasteiger partial charge in [0, 0.05) is 31.2 Å². The van der Waals surface area contributed by atoms with Gasteiger partial charge in [-0.3, -0.25) is 15.0 Å². The first kappa shape index (κ1) is 17.4. The Bertz CT molecular complexity index is 333. The maximum Gasteiger partial charge on any atom is 0.323 e. The van der Waals surface area contributed by atoms with E-state index in [-0.39, 0.29) is 12.1 Å². The van der Waals surface area contributed by atoms with Crippen molar-refractivity contribution in [2.75, 3.05) is 27.2 Å². The summed E-state index contributed by atoms with van der Waals surface area (Å²) in [4.78, 5) is 16.3. The maximum atomic E-state index is 11.6. The Labute approximate surface area is 123 Å². The average molecular weight is 285 g/mol. The van der Waals surface area contributed by atoms with Gasteiger partial charge in [-0.05, 0) is 54.6 Å². The SMILES string of the molecule is CC(C)NC(C)(CC(C)N1CCC(N(C)C)C1)C(=O)O. The zero-order chi connectivity index (χ0) is 15.5. The van der Waals surface area contributed by atoms with E-state index in [4.69, 9.17) is 0 Å². The summed E-state index contributed by atoms with van der Waals surface area (Å²) in [6.07, 6.45) is 1.79. The first-order chi connectivity index (χ1) is 9.15. The molecule has 0 amide bonds. The van der Waals surface area contributed by atoms with Gasteiger partial charge in [0.05, 0.1) is 0 Å². The molecule has 3 atom stereocenters. The number of hydrogen-bond acceptors (Lipinski definition) is 4. The standard InChI is InChI=1S/C15H31N3O2/c1-11(2)16-15(4,14(19)20)9-12(3)18-8-7-13(10-18)17(5)6/h11-13,16H,7-10H2,1-6H3,(H,19,20). The number of carboxylic acids is 1. The van der Waals surface area contributed by atoms with Crippen LogP contribution < -0.4 is 5.32 Å². The van der Waals surface area contributed by atoms with Crippen molar-refractivity contribution in [3.05, 3.63) is 0 Å². The zero-order valence-corrected chi connectivity index (χ0v) is 13.8. The molecule has 0 radical (unpaired) electrons. The summed E-state index contributed by atoms with van der Waals surface area (Å²) in [5.74, 6) is -0.763. The lowest BCUT2D eigenvalue weighted by Crippen LogP contribution is -2.55. The van der Waals surface area contributed by atoms with E-state index < -0.39 is 11.5 Å². The smallest absolute Gasteiger partial charge is 0.323 e. The number of hydrogen-bond donors (Lipinski definition) is 2. The molecule has 0 saturated carbocycles. The summed E-state index contributed by atoms with van der Waals surface area (Å²) in [5.41, 5.74) is -0.857. The first-order valence-corrected chi connectivity index (χ1v) is 7.57. The molecule has 0 aromatic heterocycles. The molecule has 1 rings (SSSR count). The van der Waals surface area contributed by atoms with E-state index >= 15 is 0 Å². The van der Waals surface area contributed by atoms with Gasteiger partial charge in [0.1, 0.15) is 5.54 Å². The van der Waals surface area contributed by atoms with Crippen molar-refractivity contribution in [3.8, 4) is 0 Å². The van der Waals surface area contributed by atoms with Crippen molar-refractivity contribution in [1.82, 2.24) is 15.1 Å². The minimum absolute atomic E-state index is 0.163. The largest absolute Gasteiger partial charge is 0.480 e. The molecule has 0 aromatic carbocycles. The molecule has 0 aliphatic carbocycles. The lowest BCUT2D eigenvalue weighted by molar-refractivity contribution is -0.145. The van der Waals surface area contributed by atoms with Crippen molar-refractivity contribution < 1.29 is 9.90 Å². The van der Waals surface area contributed by atoms with Crippen LogP contribution in [-0.4, -0.2) is 71.7 Å². The minimum atomic E-state index is -0.857. The highest BCUT2D eigenvalue weighted by Gasteiger charge is 2.38. The number of nitrogens with one attached hydrogen (secondary N) is 1. The van der Waals surface area contributed by atoms with E-state index in [1.54, 1.807) is 6.92 Å². The van der Waals surface area contributed by atoms with Gasteiger partial charge in [0.2, 0.25) is 0 Å². The number of rotatable bonds is 7. The van der Waals surface area contributed by atoms with Gasteiger partial charge in [-0.1, -0.05) is 0 Å². The summed E-state index contributed by atoms with van der Waals surface area (Å²) in [6.45, 7) is 10.0. The number of carbonyl (C=O) groups is 1. The van der Waals surface area contributed by atoms with Crippen LogP contribution in [0.4, 0.5) is 0 Å². The molecule has 1 aliphatic heterocycles. The van der Waals surface area contributed by atoms with Crippen LogP contribution in [0.2, 0.25) is 0 Å². The second-order valence-electron chi connectivity index (χ2n) is 6.89. The third kappa shape index (κ3) is 4.43. The Kier molecular flexibility index (Phi) is 5.98. The van der Waals surface area contributed by atoms with Crippen LogP contribution in [0.3, 0.4) is 0 Å². The molecule has 1 aliphatic rings. The second kappa shape index (κ2) is 6.87. The Morgan fingerprint density at radius 1 is 1.45 bits per heavy atom. The van der Waals surface area contributed by atoms with Gasteiger partial charge >= 0.3 is 5.97 Å². The molecule has 20 heavy (non-hydrogen) atoms. The van der Waals surface area contributed by atoms with Gasteiger partial charge in [-0.25, -0.2) is 0 Å². The molecule has 3 unspecified atom stereocenters. The first-order valence-electron chi connectivity index (χ1n) is 7.57. The molecular weight excluding hydrogens is 254 g/mol. The Morgan fingerprint density at radius 3 is 2.45 bits per heavy atom. The van der Waals surface area contributed by atoms with E-state index in [1.807, 2.05) is 13.8 Å². The Hall–Kier alpha value is -0.650. The maximum absolute atomic E-state index is 11.6. The Balaban J connectivity index is 2.63. The van der Waals surface area contributed by atoms with Crippen molar-refractivity contribution in [3.63, 3.8) is 0 Å². The van der Waals surface area contributed by atoms with Crippen LogP contribution in [-0.2, 0) is 4.79 Å². The van der Waals surface area contributed by atoms with Gasteiger partial charge in [-0.15, -0.1) is 0 Å². The zero-order valence-electron chi connectivity index (χ0n) is 13.8. The summed E-state index contributed by atoms with van der Waals surface area (Å²) in [5, 5.41) is 12.7. The van der Waals surface area contributed by atoms with E-state index in [0.717, 1.165) is 13.1 Å². The molecule has 118 valence electrons. The molecular formula is C15H31N3O2. The number of likely N-dealkylation sites (N-methyl/N-ethyl adjacent to an activating group) is 1. The van der Waals surface area contributed by atoms with E-state index in [2.05, 4.69) is 36.1 Å². The third-order valence-corrected chi connectivity index (χ3v) is 4.33. The van der Waals surface area contributed by atoms with Crippen LogP contribution in [0.1, 0.15) is 40.5 Å². The Morgan fingerprint density at radius 2 is 2.05 bits per heavy atom. The van der Waals surface area contributed by atoms with E-state index in [0.29, 0.717) is 12.5 Å². The van der Waals surface area contributed by atoms with E-state index in [1.165, 1.54) is 6.42 Å². The highest BCUT2D eigenvalue weighted by molar-refractivity contribution is 5.78. The molecule has 1 saturated heterocycles. The lowest BCUT2D eigenvalue weighted by Gasteiger charge is -2.35. The van der Waals surface area contributed by atoms with Gasteiger partial charge in [0.15, 0.2) is 0 Å². The molecule has 1 fully saturated rings. The van der Waals surface area contributed by atoms with Crippen molar-refractivity contribution in [2.24, 2.45) is 0 Å². The predicted molar refractivity (Wildman–Crippen MR) is 82.1 cm³/mol. The van der Waals surface area contributed by atoms with Crippen LogP contribution in [0.25, 0.3) is 0 Å². The van der Waals surface area contributed by atoms with Gasteiger partial charge < -0.3 is 10.0 Å². The second-order valence-corrected chi connectivity index (χ2v) is 6.89. The topological polar surface area (TPSA) is 55.8 Å². The molecule has 5 heteroatoms. The summed E-state index contributed by atoms with van der Waals surface area (Å²) >= 11 is 0.